The molecule has 0 atom stereocenters. The summed E-state index contributed by atoms with van der Waals surface area (Å²) in [5.74, 6) is -0.458. The molecule has 0 saturated heterocycles. The third-order valence-electron chi connectivity index (χ3n) is 1.61. The molecule has 0 bridgehead atoms. The fourth-order valence-electron chi connectivity index (χ4n) is 0.903. The van der Waals surface area contributed by atoms with E-state index in [9.17, 15) is 4.79 Å². The van der Waals surface area contributed by atoms with Gasteiger partial charge in [-0.15, -0.1) is 0 Å². The molecule has 72 valence electrons. The number of benzene rings is 1. The molecule has 0 aliphatic carbocycles. The summed E-state index contributed by atoms with van der Waals surface area (Å²) in [5, 5.41) is 8.96. The summed E-state index contributed by atoms with van der Waals surface area (Å²) < 4.78 is 5.10. The lowest BCUT2D eigenvalue weighted by Gasteiger charge is -2.04. The minimum atomic E-state index is -0.458. The Balaban J connectivity index is 3.33. The van der Waals surface area contributed by atoms with Crippen molar-refractivity contribution in [1.82, 2.24) is 0 Å². The largest absolute Gasteiger partial charge is 0.465 e. The number of halogens is 2. The second-order valence-corrected chi connectivity index (χ2v) is 3.85. The van der Waals surface area contributed by atoms with Crippen molar-refractivity contribution < 1.29 is 9.53 Å². The average Bonchev–Trinajstić information content (AvgIpc) is 2.21. The van der Waals surface area contributed by atoms with Crippen LogP contribution in [0.25, 0.3) is 0 Å². The molecule has 0 aliphatic rings. The van der Waals surface area contributed by atoms with Gasteiger partial charge in [0, 0.05) is 3.57 Å². The van der Waals surface area contributed by atoms with E-state index < -0.39 is 5.97 Å². The zero-order chi connectivity index (χ0) is 10.7. The van der Waals surface area contributed by atoms with Crippen molar-refractivity contribution in [1.29, 1.82) is 5.26 Å². The molecule has 5 heteroatoms. The Morgan fingerprint density at radius 2 is 2.29 bits per heavy atom. The molecule has 0 heterocycles. The monoisotopic (exact) mass is 321 g/mol. The van der Waals surface area contributed by atoms with Gasteiger partial charge in [0.25, 0.3) is 0 Å². The Labute approximate surface area is 99.8 Å². The Kier molecular flexibility index (Phi) is 3.72. The van der Waals surface area contributed by atoms with Crippen molar-refractivity contribution in [2.75, 3.05) is 7.11 Å². The van der Waals surface area contributed by atoms with Crippen LogP contribution in [-0.4, -0.2) is 13.1 Å². The van der Waals surface area contributed by atoms with Crippen LogP contribution in [-0.2, 0) is 4.74 Å². The lowest BCUT2D eigenvalue weighted by Crippen LogP contribution is -2.04. The van der Waals surface area contributed by atoms with Gasteiger partial charge in [0.2, 0.25) is 0 Å². The van der Waals surface area contributed by atoms with Gasteiger partial charge in [0.1, 0.15) is 6.07 Å². The molecule has 1 aromatic carbocycles. The Hall–Kier alpha value is -0.800. The summed E-state index contributed by atoms with van der Waals surface area (Å²) >= 11 is 7.77. The van der Waals surface area contributed by atoms with Gasteiger partial charge in [-0.3, -0.25) is 0 Å². The number of hydrogen-bond donors (Lipinski definition) is 0. The maximum atomic E-state index is 11.2. The van der Waals surface area contributed by atoms with Crippen LogP contribution in [0.5, 0.6) is 0 Å². The molecular formula is C9H5ClINO2. The van der Waals surface area contributed by atoms with Crippen molar-refractivity contribution in [3.05, 3.63) is 31.9 Å². The fourth-order valence-corrected chi connectivity index (χ4v) is 1.80. The third-order valence-corrected chi connectivity index (χ3v) is 3.44. The van der Waals surface area contributed by atoms with Crippen molar-refractivity contribution in [3.63, 3.8) is 0 Å². The van der Waals surface area contributed by atoms with E-state index in [0.29, 0.717) is 14.7 Å². The molecule has 0 saturated carbocycles. The van der Waals surface area contributed by atoms with Gasteiger partial charge in [-0.1, -0.05) is 11.6 Å². The van der Waals surface area contributed by atoms with E-state index in [1.807, 2.05) is 28.7 Å². The lowest BCUT2D eigenvalue weighted by molar-refractivity contribution is 0.0599. The summed E-state index contributed by atoms with van der Waals surface area (Å²) in [6, 6.07) is 4.95. The molecule has 0 N–H and O–H groups in total. The van der Waals surface area contributed by atoms with E-state index in [0.717, 1.165) is 0 Å². The summed E-state index contributed by atoms with van der Waals surface area (Å²) in [6.45, 7) is 0. The standard InChI is InChI=1S/C9H5ClINO2/c1-14-9(13)6-3-2-5(4-12)7(10)8(6)11/h2-3H,1H3. The molecule has 0 unspecified atom stereocenters. The number of nitriles is 1. The maximum absolute atomic E-state index is 11.2. The summed E-state index contributed by atoms with van der Waals surface area (Å²) in [4.78, 5) is 11.2. The number of carbonyl (C=O) groups excluding carboxylic acids is 1. The first-order valence-corrected chi connectivity index (χ1v) is 5.04. The van der Waals surface area contributed by atoms with Crippen molar-refractivity contribution >= 4 is 40.2 Å². The average molecular weight is 322 g/mol. The summed E-state index contributed by atoms with van der Waals surface area (Å²) in [7, 11) is 1.30. The zero-order valence-electron chi connectivity index (χ0n) is 7.17. The molecule has 0 aliphatic heterocycles. The van der Waals surface area contributed by atoms with E-state index in [2.05, 4.69) is 4.74 Å². The first-order chi connectivity index (χ1) is 6.61. The van der Waals surface area contributed by atoms with E-state index in [4.69, 9.17) is 16.9 Å². The van der Waals surface area contributed by atoms with Crippen LogP contribution in [0.1, 0.15) is 15.9 Å². The van der Waals surface area contributed by atoms with Gasteiger partial charge in [-0.05, 0) is 34.7 Å². The second kappa shape index (κ2) is 4.62. The number of nitrogens with zero attached hydrogens (tertiary/aromatic N) is 1. The summed E-state index contributed by atoms with van der Waals surface area (Å²) in [5.41, 5.74) is 0.723. The van der Waals surface area contributed by atoms with Gasteiger partial charge < -0.3 is 4.74 Å². The molecule has 0 fully saturated rings. The molecular weight excluding hydrogens is 316 g/mol. The van der Waals surface area contributed by atoms with Crippen LogP contribution in [0.15, 0.2) is 12.1 Å². The second-order valence-electron chi connectivity index (χ2n) is 2.39. The van der Waals surface area contributed by atoms with E-state index >= 15 is 0 Å². The van der Waals surface area contributed by atoms with Crippen LogP contribution in [0.4, 0.5) is 0 Å². The van der Waals surface area contributed by atoms with Crippen LogP contribution in [0.2, 0.25) is 5.02 Å². The quantitative estimate of drug-likeness (QED) is 0.590. The maximum Gasteiger partial charge on any atom is 0.338 e. The highest BCUT2D eigenvalue weighted by Gasteiger charge is 2.15. The number of carbonyl (C=O) groups is 1. The van der Waals surface area contributed by atoms with Gasteiger partial charge in [-0.25, -0.2) is 4.79 Å². The molecule has 0 radical (unpaired) electrons. The first kappa shape index (κ1) is 11.3. The number of hydrogen-bond acceptors (Lipinski definition) is 3. The Bertz CT molecular complexity index is 426. The van der Waals surface area contributed by atoms with Crippen LogP contribution >= 0.6 is 34.2 Å². The van der Waals surface area contributed by atoms with Crippen LogP contribution in [0, 0.1) is 14.9 Å². The van der Waals surface area contributed by atoms with E-state index in [1.165, 1.54) is 19.2 Å². The molecule has 0 aromatic heterocycles. The minimum Gasteiger partial charge on any atom is -0.465 e. The smallest absolute Gasteiger partial charge is 0.338 e. The van der Waals surface area contributed by atoms with Crippen LogP contribution in [0.3, 0.4) is 0 Å². The number of methoxy groups -OCH3 is 1. The van der Waals surface area contributed by atoms with Crippen LogP contribution < -0.4 is 0 Å². The van der Waals surface area contributed by atoms with Crippen molar-refractivity contribution in [2.24, 2.45) is 0 Å². The molecule has 1 aromatic rings. The van der Waals surface area contributed by atoms with Crippen molar-refractivity contribution in [3.8, 4) is 6.07 Å². The van der Waals surface area contributed by atoms with E-state index in [1.54, 1.807) is 0 Å². The highest BCUT2D eigenvalue weighted by atomic mass is 127. The van der Waals surface area contributed by atoms with Gasteiger partial charge in [-0.2, -0.15) is 5.26 Å². The molecule has 14 heavy (non-hydrogen) atoms. The predicted octanol–water partition coefficient (Wildman–Crippen LogP) is 2.60. The molecule has 0 spiro atoms. The Morgan fingerprint density at radius 3 is 2.79 bits per heavy atom. The van der Waals surface area contributed by atoms with E-state index in [-0.39, 0.29) is 5.02 Å². The highest BCUT2D eigenvalue weighted by molar-refractivity contribution is 14.1. The molecule has 1 rings (SSSR count). The lowest BCUT2D eigenvalue weighted by atomic mass is 10.1. The SMILES string of the molecule is COC(=O)c1ccc(C#N)c(Cl)c1I. The number of ether oxygens (including phenoxy) is 1. The fraction of sp³-hybridized carbons (Fsp3) is 0.111. The predicted molar refractivity (Wildman–Crippen MR) is 60.2 cm³/mol. The van der Waals surface area contributed by atoms with Gasteiger partial charge in [0.05, 0.1) is 23.3 Å². The number of rotatable bonds is 1. The molecule has 3 nitrogen and oxygen atoms in total. The van der Waals surface area contributed by atoms with Gasteiger partial charge >= 0.3 is 5.97 Å². The first-order valence-electron chi connectivity index (χ1n) is 3.58. The molecule has 0 amide bonds. The number of esters is 1. The zero-order valence-corrected chi connectivity index (χ0v) is 10.1. The normalized spacial score (nSPS) is 9.29. The minimum absolute atomic E-state index is 0.288. The summed E-state index contributed by atoms with van der Waals surface area (Å²) in [6.07, 6.45) is 0. The third kappa shape index (κ3) is 1.99. The topological polar surface area (TPSA) is 50.1 Å². The Morgan fingerprint density at radius 1 is 1.64 bits per heavy atom. The van der Waals surface area contributed by atoms with Gasteiger partial charge in [0.15, 0.2) is 0 Å². The van der Waals surface area contributed by atoms with Crippen molar-refractivity contribution in [2.45, 2.75) is 0 Å². The highest BCUT2D eigenvalue weighted by Crippen LogP contribution is 2.26.